The molecule has 23 heavy (non-hydrogen) atoms. The number of methoxy groups -OCH3 is 1. The standard InChI is InChI=1S/C20H25BrO2/c1-13-9-14(2)16(20(3,4)12-13)8-6-7-15-10-19(23-5)17(21)11-18(15)22/h6,8-11,16,22H,2,7,12H2,1,3-5H3/b8-6+. The topological polar surface area (TPSA) is 29.5 Å². The van der Waals surface area contributed by atoms with Crippen LogP contribution in [-0.2, 0) is 6.42 Å². The molecule has 2 rings (SSSR count). The molecular formula is C20H25BrO2. The molecule has 2 nitrogen and oxygen atoms in total. The van der Waals surface area contributed by atoms with Crippen LogP contribution in [-0.4, -0.2) is 12.2 Å². The maximum absolute atomic E-state index is 10.1. The SMILES string of the molecule is C=C1C=C(C)CC(C)(C)C1/C=C/Cc1cc(OC)c(Br)cc1O. The van der Waals surface area contributed by atoms with E-state index in [1.54, 1.807) is 13.2 Å². The highest BCUT2D eigenvalue weighted by molar-refractivity contribution is 9.10. The predicted molar refractivity (Wildman–Crippen MR) is 100.0 cm³/mol. The van der Waals surface area contributed by atoms with Crippen LogP contribution in [0.4, 0.5) is 0 Å². The number of aromatic hydroxyl groups is 1. The van der Waals surface area contributed by atoms with Gasteiger partial charge < -0.3 is 9.84 Å². The lowest BCUT2D eigenvalue weighted by molar-refractivity contribution is 0.283. The normalized spacial score (nSPS) is 20.7. The Hall–Kier alpha value is -1.48. The molecule has 0 bridgehead atoms. The molecule has 0 spiro atoms. The lowest BCUT2D eigenvalue weighted by atomic mass is 9.67. The Kier molecular flexibility index (Phi) is 5.41. The Balaban J connectivity index is 2.17. The van der Waals surface area contributed by atoms with Gasteiger partial charge in [0.15, 0.2) is 0 Å². The van der Waals surface area contributed by atoms with Crippen LogP contribution in [0.15, 0.2) is 52.6 Å². The molecule has 0 saturated heterocycles. The summed E-state index contributed by atoms with van der Waals surface area (Å²) in [5, 5.41) is 10.1. The monoisotopic (exact) mass is 376 g/mol. The van der Waals surface area contributed by atoms with E-state index in [-0.39, 0.29) is 11.2 Å². The van der Waals surface area contributed by atoms with Gasteiger partial charge in [0.1, 0.15) is 11.5 Å². The Bertz CT molecular complexity index is 668. The van der Waals surface area contributed by atoms with Crippen molar-refractivity contribution < 1.29 is 9.84 Å². The molecule has 0 amide bonds. The molecule has 1 atom stereocenters. The minimum Gasteiger partial charge on any atom is -0.508 e. The van der Waals surface area contributed by atoms with E-state index in [9.17, 15) is 5.11 Å². The number of rotatable bonds is 4. The number of hydrogen-bond donors (Lipinski definition) is 1. The van der Waals surface area contributed by atoms with Gasteiger partial charge in [0.05, 0.1) is 11.6 Å². The lowest BCUT2D eigenvalue weighted by Gasteiger charge is -2.37. The maximum atomic E-state index is 10.1. The van der Waals surface area contributed by atoms with E-state index in [1.165, 1.54) is 5.57 Å². The number of benzene rings is 1. The van der Waals surface area contributed by atoms with E-state index >= 15 is 0 Å². The van der Waals surface area contributed by atoms with Crippen molar-refractivity contribution in [3.05, 3.63) is 58.1 Å². The van der Waals surface area contributed by atoms with Gasteiger partial charge in [-0.15, -0.1) is 0 Å². The molecule has 0 aromatic heterocycles. The second kappa shape index (κ2) is 6.96. The van der Waals surface area contributed by atoms with Crippen LogP contribution in [0.1, 0.15) is 32.8 Å². The highest BCUT2D eigenvalue weighted by Crippen LogP contribution is 2.43. The molecule has 0 saturated carbocycles. The van der Waals surface area contributed by atoms with Crippen molar-refractivity contribution in [1.29, 1.82) is 0 Å². The number of phenols is 1. The van der Waals surface area contributed by atoms with Crippen molar-refractivity contribution in [3.63, 3.8) is 0 Å². The molecule has 1 aliphatic carbocycles. The number of phenolic OH excluding ortho intramolecular Hbond substituents is 1. The molecule has 1 aliphatic rings. The van der Waals surface area contributed by atoms with E-state index in [4.69, 9.17) is 4.74 Å². The molecule has 1 N–H and O–H groups in total. The fraction of sp³-hybridized carbons (Fsp3) is 0.400. The Morgan fingerprint density at radius 3 is 2.74 bits per heavy atom. The summed E-state index contributed by atoms with van der Waals surface area (Å²) < 4.78 is 6.05. The van der Waals surface area contributed by atoms with E-state index in [0.717, 1.165) is 27.8 Å². The first-order chi connectivity index (χ1) is 10.7. The first kappa shape index (κ1) is 17.9. The molecule has 1 unspecified atom stereocenters. The summed E-state index contributed by atoms with van der Waals surface area (Å²) >= 11 is 3.38. The van der Waals surface area contributed by atoms with Gasteiger partial charge in [-0.3, -0.25) is 0 Å². The van der Waals surface area contributed by atoms with Crippen LogP contribution >= 0.6 is 15.9 Å². The average molecular weight is 377 g/mol. The third-order valence-corrected chi connectivity index (χ3v) is 5.05. The van der Waals surface area contributed by atoms with E-state index in [0.29, 0.717) is 12.3 Å². The van der Waals surface area contributed by atoms with Gasteiger partial charge >= 0.3 is 0 Å². The van der Waals surface area contributed by atoms with E-state index in [2.05, 4.69) is 61.5 Å². The van der Waals surface area contributed by atoms with Crippen LogP contribution in [0, 0.1) is 11.3 Å². The number of allylic oxidation sites excluding steroid dienone is 5. The summed E-state index contributed by atoms with van der Waals surface area (Å²) in [6.45, 7) is 10.9. The highest BCUT2D eigenvalue weighted by Gasteiger charge is 2.32. The van der Waals surface area contributed by atoms with Gasteiger partial charge in [0.2, 0.25) is 0 Å². The lowest BCUT2D eigenvalue weighted by Crippen LogP contribution is -2.27. The van der Waals surface area contributed by atoms with Gasteiger partial charge in [0.25, 0.3) is 0 Å². The number of hydrogen-bond acceptors (Lipinski definition) is 2. The van der Waals surface area contributed by atoms with Gasteiger partial charge in [-0.05, 0) is 58.8 Å². The Morgan fingerprint density at radius 1 is 1.43 bits per heavy atom. The van der Waals surface area contributed by atoms with Gasteiger partial charge in [-0.1, -0.05) is 44.2 Å². The van der Waals surface area contributed by atoms with Crippen molar-refractivity contribution >= 4 is 15.9 Å². The molecular weight excluding hydrogens is 352 g/mol. The Morgan fingerprint density at radius 2 is 2.13 bits per heavy atom. The summed E-state index contributed by atoms with van der Waals surface area (Å²) in [4.78, 5) is 0. The summed E-state index contributed by atoms with van der Waals surface area (Å²) in [5.41, 5.74) is 3.58. The summed E-state index contributed by atoms with van der Waals surface area (Å²) in [7, 11) is 1.62. The second-order valence-electron chi connectivity index (χ2n) is 6.96. The van der Waals surface area contributed by atoms with Crippen molar-refractivity contribution in [3.8, 4) is 11.5 Å². The molecule has 124 valence electrons. The zero-order valence-corrected chi connectivity index (χ0v) is 15.9. The smallest absolute Gasteiger partial charge is 0.133 e. The van der Waals surface area contributed by atoms with Crippen LogP contribution in [0.3, 0.4) is 0 Å². The summed E-state index contributed by atoms with van der Waals surface area (Å²) in [6.07, 6.45) is 8.28. The van der Waals surface area contributed by atoms with Crippen LogP contribution in [0.5, 0.6) is 11.5 Å². The molecule has 0 heterocycles. The molecule has 1 aromatic rings. The number of ether oxygens (including phenoxy) is 1. The van der Waals surface area contributed by atoms with Crippen molar-refractivity contribution in [2.75, 3.05) is 7.11 Å². The quantitative estimate of drug-likeness (QED) is 0.671. The molecule has 0 fully saturated rings. The fourth-order valence-electron chi connectivity index (χ4n) is 3.41. The van der Waals surface area contributed by atoms with Gasteiger partial charge in [0, 0.05) is 11.5 Å². The zero-order valence-electron chi connectivity index (χ0n) is 14.3. The van der Waals surface area contributed by atoms with E-state index in [1.807, 2.05) is 6.07 Å². The molecule has 0 radical (unpaired) electrons. The van der Waals surface area contributed by atoms with Crippen molar-refractivity contribution in [1.82, 2.24) is 0 Å². The predicted octanol–water partition coefficient (Wildman–Crippen LogP) is 5.81. The molecule has 1 aromatic carbocycles. The summed E-state index contributed by atoms with van der Waals surface area (Å²) in [6, 6.07) is 3.55. The largest absolute Gasteiger partial charge is 0.508 e. The minimum absolute atomic E-state index is 0.172. The first-order valence-corrected chi connectivity index (χ1v) is 8.62. The Labute approximate surface area is 147 Å². The van der Waals surface area contributed by atoms with Crippen molar-refractivity contribution in [2.24, 2.45) is 11.3 Å². The number of halogens is 1. The minimum atomic E-state index is 0.172. The van der Waals surface area contributed by atoms with E-state index < -0.39 is 0 Å². The molecule has 0 aliphatic heterocycles. The van der Waals surface area contributed by atoms with Crippen molar-refractivity contribution in [2.45, 2.75) is 33.6 Å². The van der Waals surface area contributed by atoms with Crippen LogP contribution < -0.4 is 4.74 Å². The zero-order chi connectivity index (χ0) is 17.2. The van der Waals surface area contributed by atoms with Gasteiger partial charge in [-0.2, -0.15) is 0 Å². The molecule has 3 heteroatoms. The van der Waals surface area contributed by atoms with Gasteiger partial charge in [-0.25, -0.2) is 0 Å². The third-order valence-electron chi connectivity index (χ3n) is 4.43. The summed E-state index contributed by atoms with van der Waals surface area (Å²) in [5.74, 6) is 1.33. The van der Waals surface area contributed by atoms with Crippen LogP contribution in [0.25, 0.3) is 0 Å². The first-order valence-electron chi connectivity index (χ1n) is 7.82. The average Bonchev–Trinajstić information content (AvgIpc) is 2.42. The third kappa shape index (κ3) is 4.08. The van der Waals surface area contributed by atoms with Crippen LogP contribution in [0.2, 0.25) is 0 Å². The highest BCUT2D eigenvalue weighted by atomic mass is 79.9. The maximum Gasteiger partial charge on any atom is 0.133 e. The second-order valence-corrected chi connectivity index (χ2v) is 7.81. The fourth-order valence-corrected chi connectivity index (χ4v) is 3.90.